The summed E-state index contributed by atoms with van der Waals surface area (Å²) < 4.78 is 5.33. The summed E-state index contributed by atoms with van der Waals surface area (Å²) in [5.41, 5.74) is 0.381. The van der Waals surface area contributed by atoms with Crippen LogP contribution in [0.1, 0.15) is 29.7 Å². The number of halogens is 1. The molecule has 0 bridgehead atoms. The fourth-order valence-electron chi connectivity index (χ4n) is 0.985. The molecule has 0 aliphatic carbocycles. The average molecular weight is 294 g/mol. The number of aromatic amines is 1. The topological polar surface area (TPSA) is 55.0 Å². The van der Waals surface area contributed by atoms with E-state index in [9.17, 15) is 4.79 Å². The normalized spacial score (nSPS) is 10.1. The Morgan fingerprint density at radius 2 is 2.38 bits per heavy atom. The third kappa shape index (κ3) is 2.43. The van der Waals surface area contributed by atoms with Crippen LogP contribution in [0.5, 0.6) is 0 Å². The van der Waals surface area contributed by atoms with Crippen molar-refractivity contribution in [3.8, 4) is 0 Å². The van der Waals surface area contributed by atoms with Gasteiger partial charge in [-0.3, -0.25) is 0 Å². The van der Waals surface area contributed by atoms with Gasteiger partial charge in [-0.05, 0) is 29.0 Å². The van der Waals surface area contributed by atoms with E-state index in [-0.39, 0.29) is 5.97 Å². The minimum Gasteiger partial charge on any atom is -0.464 e. The van der Waals surface area contributed by atoms with Gasteiger partial charge in [-0.2, -0.15) is 0 Å². The lowest BCUT2D eigenvalue weighted by molar-refractivity contribution is 0.0593. The molecule has 0 atom stereocenters. The van der Waals surface area contributed by atoms with Crippen LogP contribution in [0.25, 0.3) is 0 Å². The van der Waals surface area contributed by atoms with Crippen molar-refractivity contribution in [2.24, 2.45) is 0 Å². The summed E-state index contributed by atoms with van der Waals surface area (Å²) in [5.74, 6) is 0.454. The van der Waals surface area contributed by atoms with Gasteiger partial charge in [0.1, 0.15) is 9.53 Å². The maximum Gasteiger partial charge on any atom is 0.359 e. The zero-order valence-corrected chi connectivity index (χ0v) is 9.71. The Kier molecular flexibility index (Phi) is 3.71. The van der Waals surface area contributed by atoms with Gasteiger partial charge in [0.2, 0.25) is 0 Å². The first-order valence-corrected chi connectivity index (χ1v) is 5.09. The molecular formula is C8H11IN2O2. The summed E-state index contributed by atoms with van der Waals surface area (Å²) in [4.78, 5) is 18.3. The number of aryl methyl sites for hydroxylation is 1. The summed E-state index contributed by atoms with van der Waals surface area (Å²) in [6.45, 7) is 2.06. The largest absolute Gasteiger partial charge is 0.464 e. The van der Waals surface area contributed by atoms with Gasteiger partial charge < -0.3 is 9.72 Å². The van der Waals surface area contributed by atoms with Crippen LogP contribution >= 0.6 is 22.6 Å². The van der Waals surface area contributed by atoms with Gasteiger partial charge in [0.25, 0.3) is 0 Å². The molecule has 1 aromatic rings. The van der Waals surface area contributed by atoms with Crippen molar-refractivity contribution in [1.82, 2.24) is 9.97 Å². The predicted octanol–water partition coefficient (Wildman–Crippen LogP) is 1.75. The molecule has 0 spiro atoms. The molecule has 13 heavy (non-hydrogen) atoms. The van der Waals surface area contributed by atoms with Crippen LogP contribution in [0.4, 0.5) is 0 Å². The number of nitrogens with zero attached hydrogens (tertiary/aromatic N) is 1. The lowest BCUT2D eigenvalue weighted by Gasteiger charge is -1.92. The molecule has 1 heterocycles. The van der Waals surface area contributed by atoms with Crippen LogP contribution in [-0.4, -0.2) is 23.0 Å². The summed E-state index contributed by atoms with van der Waals surface area (Å²) in [7, 11) is 1.35. The minimum atomic E-state index is -0.386. The van der Waals surface area contributed by atoms with Crippen LogP contribution < -0.4 is 0 Å². The smallest absolute Gasteiger partial charge is 0.359 e. The summed E-state index contributed by atoms with van der Waals surface area (Å²) >= 11 is 2.04. The highest BCUT2D eigenvalue weighted by Crippen LogP contribution is 2.11. The third-order valence-corrected chi connectivity index (χ3v) is 2.35. The highest BCUT2D eigenvalue weighted by atomic mass is 127. The molecule has 1 N–H and O–H groups in total. The maximum atomic E-state index is 11.1. The molecule has 0 radical (unpaired) electrons. The number of hydrogen-bond donors (Lipinski definition) is 1. The fourth-order valence-corrected chi connectivity index (χ4v) is 1.64. The Balaban J connectivity index is 2.89. The van der Waals surface area contributed by atoms with Crippen LogP contribution in [-0.2, 0) is 11.2 Å². The number of methoxy groups -OCH3 is 1. The van der Waals surface area contributed by atoms with E-state index >= 15 is 0 Å². The van der Waals surface area contributed by atoms with E-state index in [2.05, 4.69) is 21.6 Å². The van der Waals surface area contributed by atoms with Gasteiger partial charge >= 0.3 is 5.97 Å². The number of ether oxygens (including phenoxy) is 1. The number of carbonyl (C=O) groups excluding carboxylic acids is 1. The third-order valence-electron chi connectivity index (χ3n) is 1.57. The molecule has 0 saturated heterocycles. The number of H-pyrrole nitrogens is 1. The van der Waals surface area contributed by atoms with Crippen molar-refractivity contribution in [3.05, 3.63) is 15.2 Å². The molecule has 0 fully saturated rings. The molecule has 0 unspecified atom stereocenters. The van der Waals surface area contributed by atoms with Crippen molar-refractivity contribution in [2.45, 2.75) is 19.8 Å². The standard InChI is InChI=1S/C8H11IN2O2/c1-3-4-5-10-6(7(9)11-5)8(12)13-2/h3-4H2,1-2H3,(H,10,11). The van der Waals surface area contributed by atoms with Gasteiger partial charge in [-0.15, -0.1) is 0 Å². The Morgan fingerprint density at radius 1 is 1.69 bits per heavy atom. The number of carbonyl (C=O) groups is 1. The Morgan fingerprint density at radius 3 is 2.92 bits per heavy atom. The van der Waals surface area contributed by atoms with Gasteiger partial charge in [-0.1, -0.05) is 6.92 Å². The first-order valence-electron chi connectivity index (χ1n) is 4.01. The van der Waals surface area contributed by atoms with Gasteiger partial charge in [0.05, 0.1) is 7.11 Å². The molecular weight excluding hydrogens is 283 g/mol. The number of aromatic nitrogens is 2. The van der Waals surface area contributed by atoms with Crippen LogP contribution in [0.2, 0.25) is 0 Å². The Bertz CT molecular complexity index is 309. The lowest BCUT2D eigenvalue weighted by Crippen LogP contribution is -2.03. The van der Waals surface area contributed by atoms with Gasteiger partial charge in [0, 0.05) is 6.42 Å². The summed E-state index contributed by atoms with van der Waals surface area (Å²) in [6, 6.07) is 0. The van der Waals surface area contributed by atoms with Crippen LogP contribution in [0, 0.1) is 3.70 Å². The zero-order valence-electron chi connectivity index (χ0n) is 7.56. The number of imidazole rings is 1. The number of hydrogen-bond acceptors (Lipinski definition) is 3. The first-order chi connectivity index (χ1) is 6.19. The zero-order chi connectivity index (χ0) is 9.84. The minimum absolute atomic E-state index is 0.381. The Hall–Kier alpha value is -0.590. The van der Waals surface area contributed by atoms with E-state index in [1.807, 2.05) is 22.6 Å². The van der Waals surface area contributed by atoms with E-state index in [0.29, 0.717) is 5.69 Å². The molecule has 1 aromatic heterocycles. The molecule has 0 saturated carbocycles. The second-order valence-corrected chi connectivity index (χ2v) is 3.67. The van der Waals surface area contributed by atoms with E-state index in [0.717, 1.165) is 22.4 Å². The van der Waals surface area contributed by atoms with Gasteiger partial charge in [-0.25, -0.2) is 9.78 Å². The van der Waals surface area contributed by atoms with Crippen molar-refractivity contribution in [2.75, 3.05) is 7.11 Å². The number of nitrogens with one attached hydrogen (secondary N) is 1. The van der Waals surface area contributed by atoms with Crippen molar-refractivity contribution >= 4 is 28.6 Å². The van der Waals surface area contributed by atoms with Crippen LogP contribution in [0.3, 0.4) is 0 Å². The van der Waals surface area contributed by atoms with Crippen molar-refractivity contribution in [3.63, 3.8) is 0 Å². The van der Waals surface area contributed by atoms with Gasteiger partial charge in [0.15, 0.2) is 5.69 Å². The number of esters is 1. The van der Waals surface area contributed by atoms with Crippen LogP contribution in [0.15, 0.2) is 0 Å². The molecule has 1 rings (SSSR count). The molecule has 0 amide bonds. The van der Waals surface area contributed by atoms with Crippen molar-refractivity contribution < 1.29 is 9.53 Å². The Labute approximate surface area is 90.2 Å². The average Bonchev–Trinajstić information content (AvgIpc) is 2.46. The SMILES string of the molecule is CCCc1nc(C(=O)OC)c(I)[nH]1. The molecule has 0 aliphatic rings. The first kappa shape index (κ1) is 10.5. The molecule has 72 valence electrons. The second-order valence-electron chi connectivity index (χ2n) is 2.59. The van der Waals surface area contributed by atoms with Crippen molar-refractivity contribution in [1.29, 1.82) is 0 Å². The van der Waals surface area contributed by atoms with E-state index < -0.39 is 0 Å². The monoisotopic (exact) mass is 294 g/mol. The number of rotatable bonds is 3. The van der Waals surface area contributed by atoms with E-state index in [1.54, 1.807) is 0 Å². The van der Waals surface area contributed by atoms with E-state index in [4.69, 9.17) is 0 Å². The fraction of sp³-hybridized carbons (Fsp3) is 0.500. The second kappa shape index (κ2) is 4.59. The van der Waals surface area contributed by atoms with E-state index in [1.165, 1.54) is 7.11 Å². The highest BCUT2D eigenvalue weighted by Gasteiger charge is 2.15. The molecule has 0 aromatic carbocycles. The summed E-state index contributed by atoms with van der Waals surface area (Å²) in [6.07, 6.45) is 1.86. The highest BCUT2D eigenvalue weighted by molar-refractivity contribution is 14.1. The lowest BCUT2D eigenvalue weighted by atomic mass is 10.3. The summed E-state index contributed by atoms with van der Waals surface area (Å²) in [5, 5.41) is 0. The predicted molar refractivity (Wildman–Crippen MR) is 56.6 cm³/mol. The quantitative estimate of drug-likeness (QED) is 0.682. The molecule has 0 aliphatic heterocycles. The molecule has 5 heteroatoms. The maximum absolute atomic E-state index is 11.1. The molecule has 4 nitrogen and oxygen atoms in total.